The third kappa shape index (κ3) is 3.92. The summed E-state index contributed by atoms with van der Waals surface area (Å²) in [5.41, 5.74) is 3.49. The number of amides is 1. The van der Waals surface area contributed by atoms with E-state index in [2.05, 4.69) is 20.9 Å². The van der Waals surface area contributed by atoms with Crippen molar-refractivity contribution < 1.29 is 9.72 Å². The van der Waals surface area contributed by atoms with Gasteiger partial charge in [0, 0.05) is 22.2 Å². The van der Waals surface area contributed by atoms with Gasteiger partial charge in [-0.2, -0.15) is 0 Å². The van der Waals surface area contributed by atoms with Gasteiger partial charge in [-0.3, -0.25) is 19.8 Å². The molecule has 0 N–H and O–H groups in total. The Bertz CT molecular complexity index is 1200. The van der Waals surface area contributed by atoms with Crippen molar-refractivity contribution in [2.24, 2.45) is 4.99 Å². The topological polar surface area (TPSA) is 75.8 Å². The van der Waals surface area contributed by atoms with Crippen LogP contribution in [-0.4, -0.2) is 16.7 Å². The van der Waals surface area contributed by atoms with Gasteiger partial charge in [-0.15, -0.1) is 0 Å². The average Bonchev–Trinajstić information content (AvgIpc) is 3.05. The number of carbonyl (C=O) groups is 1. The number of nitrogens with zero attached hydrogens (tertiary/aromatic N) is 3. The molecule has 1 aliphatic heterocycles. The van der Waals surface area contributed by atoms with E-state index in [1.807, 2.05) is 55.5 Å². The Morgan fingerprint density at radius 2 is 1.73 bits per heavy atom. The standard InChI is InChI=1S/C23H16BrN3O3/c1-15-3-2-4-20(13-15)26-22(17-7-9-18(24)10-8-17)25-21(23(26)28)14-16-5-11-19(12-6-16)27(29)30/h2-14H,1H3/b21-14+. The smallest absolute Gasteiger partial charge is 0.266 e. The van der Waals surface area contributed by atoms with Gasteiger partial charge < -0.3 is 0 Å². The molecule has 1 aliphatic rings. The summed E-state index contributed by atoms with van der Waals surface area (Å²) in [4.78, 5) is 29.9. The highest BCUT2D eigenvalue weighted by Gasteiger charge is 2.32. The van der Waals surface area contributed by atoms with E-state index in [4.69, 9.17) is 0 Å². The second-order valence-corrected chi connectivity index (χ2v) is 7.72. The maximum Gasteiger partial charge on any atom is 0.282 e. The Hall–Kier alpha value is -3.58. The van der Waals surface area contributed by atoms with Crippen LogP contribution in [0.5, 0.6) is 0 Å². The molecule has 0 saturated heterocycles. The highest BCUT2D eigenvalue weighted by Crippen LogP contribution is 2.29. The quantitative estimate of drug-likeness (QED) is 0.292. The minimum atomic E-state index is -0.457. The van der Waals surface area contributed by atoms with E-state index in [-0.39, 0.29) is 17.3 Å². The molecule has 0 aliphatic carbocycles. The third-order valence-corrected chi connectivity index (χ3v) is 5.16. The minimum Gasteiger partial charge on any atom is -0.266 e. The number of aliphatic imine (C=N–C) groups is 1. The predicted molar refractivity (Wildman–Crippen MR) is 120 cm³/mol. The fourth-order valence-corrected chi connectivity index (χ4v) is 3.43. The van der Waals surface area contributed by atoms with Crippen LogP contribution in [0.3, 0.4) is 0 Å². The predicted octanol–water partition coefficient (Wildman–Crippen LogP) is 5.50. The van der Waals surface area contributed by atoms with E-state index in [0.717, 1.165) is 21.3 Å². The summed E-state index contributed by atoms with van der Waals surface area (Å²) in [6.45, 7) is 1.97. The van der Waals surface area contributed by atoms with E-state index in [9.17, 15) is 14.9 Å². The van der Waals surface area contributed by atoms with Gasteiger partial charge in [0.25, 0.3) is 11.6 Å². The van der Waals surface area contributed by atoms with Crippen molar-refractivity contribution in [1.29, 1.82) is 0 Å². The molecule has 148 valence electrons. The molecule has 1 heterocycles. The van der Waals surface area contributed by atoms with Gasteiger partial charge in [0.15, 0.2) is 0 Å². The number of carbonyl (C=O) groups excluding carboxylic acids is 1. The number of amidine groups is 1. The average molecular weight is 462 g/mol. The van der Waals surface area contributed by atoms with Crippen LogP contribution >= 0.6 is 15.9 Å². The second-order valence-electron chi connectivity index (χ2n) is 6.80. The summed E-state index contributed by atoms with van der Waals surface area (Å²) in [5.74, 6) is 0.281. The molecule has 3 aromatic carbocycles. The van der Waals surface area contributed by atoms with Crippen molar-refractivity contribution >= 4 is 45.1 Å². The third-order valence-electron chi connectivity index (χ3n) is 4.63. The molecule has 0 fully saturated rings. The fourth-order valence-electron chi connectivity index (χ4n) is 3.17. The number of non-ortho nitro benzene ring substituents is 1. The zero-order valence-corrected chi connectivity index (χ0v) is 17.5. The number of benzene rings is 3. The van der Waals surface area contributed by atoms with Crippen LogP contribution in [0.1, 0.15) is 16.7 Å². The SMILES string of the molecule is Cc1cccc(N2C(=O)/C(=C\c3ccc([N+](=O)[O-])cc3)N=C2c2ccc(Br)cc2)c1. The zero-order chi connectivity index (χ0) is 21.3. The summed E-state index contributed by atoms with van der Waals surface area (Å²) in [6.07, 6.45) is 1.64. The molecular weight excluding hydrogens is 446 g/mol. The Morgan fingerprint density at radius 1 is 1.03 bits per heavy atom. The zero-order valence-electron chi connectivity index (χ0n) is 15.9. The monoisotopic (exact) mass is 461 g/mol. The number of aryl methyl sites for hydroxylation is 1. The first kappa shape index (κ1) is 19.7. The number of anilines is 1. The number of nitro benzene ring substituents is 1. The number of hydrogen-bond acceptors (Lipinski definition) is 4. The molecule has 1 amide bonds. The summed E-state index contributed by atoms with van der Waals surface area (Å²) in [6, 6.07) is 21.3. The Balaban J connectivity index is 1.79. The number of rotatable bonds is 4. The fraction of sp³-hybridized carbons (Fsp3) is 0.0435. The lowest BCUT2D eigenvalue weighted by molar-refractivity contribution is -0.384. The van der Waals surface area contributed by atoms with Crippen LogP contribution in [0.15, 0.2) is 88.0 Å². The van der Waals surface area contributed by atoms with Gasteiger partial charge in [-0.05, 0) is 60.5 Å². The van der Waals surface area contributed by atoms with Crippen molar-refractivity contribution in [3.8, 4) is 0 Å². The molecule has 0 saturated carbocycles. The van der Waals surface area contributed by atoms with Crippen molar-refractivity contribution in [3.05, 3.63) is 110 Å². The molecule has 0 unspecified atom stereocenters. The van der Waals surface area contributed by atoms with Gasteiger partial charge in [0.05, 0.1) is 10.6 Å². The number of hydrogen-bond donors (Lipinski definition) is 0. The van der Waals surface area contributed by atoms with Crippen molar-refractivity contribution in [2.75, 3.05) is 4.90 Å². The van der Waals surface area contributed by atoms with Crippen LogP contribution in [-0.2, 0) is 4.79 Å². The van der Waals surface area contributed by atoms with Crippen molar-refractivity contribution in [2.45, 2.75) is 6.92 Å². The molecule has 30 heavy (non-hydrogen) atoms. The van der Waals surface area contributed by atoms with E-state index < -0.39 is 4.92 Å². The Morgan fingerprint density at radius 3 is 2.37 bits per heavy atom. The molecule has 0 atom stereocenters. The molecule has 0 spiro atoms. The van der Waals surface area contributed by atoms with E-state index in [1.165, 1.54) is 12.1 Å². The van der Waals surface area contributed by atoms with Crippen molar-refractivity contribution in [1.82, 2.24) is 0 Å². The summed E-state index contributed by atoms with van der Waals surface area (Å²) < 4.78 is 0.930. The van der Waals surface area contributed by atoms with Gasteiger partial charge in [0.1, 0.15) is 11.5 Å². The number of halogens is 1. The summed E-state index contributed by atoms with van der Waals surface area (Å²) in [5, 5.41) is 10.9. The molecule has 0 bridgehead atoms. The van der Waals surface area contributed by atoms with E-state index in [0.29, 0.717) is 11.4 Å². The normalized spacial score (nSPS) is 14.9. The van der Waals surface area contributed by atoms with Crippen LogP contribution < -0.4 is 4.90 Å². The van der Waals surface area contributed by atoms with Gasteiger partial charge in [0.2, 0.25) is 0 Å². The maximum atomic E-state index is 13.3. The highest BCUT2D eigenvalue weighted by atomic mass is 79.9. The first-order valence-corrected chi connectivity index (χ1v) is 9.93. The van der Waals surface area contributed by atoms with E-state index in [1.54, 1.807) is 23.1 Å². The maximum absolute atomic E-state index is 13.3. The first-order valence-electron chi connectivity index (χ1n) is 9.14. The van der Waals surface area contributed by atoms with Gasteiger partial charge in [-0.25, -0.2) is 4.99 Å². The van der Waals surface area contributed by atoms with Crippen molar-refractivity contribution in [3.63, 3.8) is 0 Å². The molecular formula is C23H16BrN3O3. The molecule has 7 heteroatoms. The Labute approximate surface area is 181 Å². The minimum absolute atomic E-state index is 0.00432. The first-order chi connectivity index (χ1) is 14.4. The largest absolute Gasteiger partial charge is 0.282 e. The molecule has 6 nitrogen and oxygen atoms in total. The Kier molecular flexibility index (Phi) is 5.29. The van der Waals surface area contributed by atoms with Crippen LogP contribution in [0.2, 0.25) is 0 Å². The lowest BCUT2D eigenvalue weighted by Gasteiger charge is -2.19. The van der Waals surface area contributed by atoms with Gasteiger partial charge >= 0.3 is 0 Å². The summed E-state index contributed by atoms with van der Waals surface area (Å²) in [7, 11) is 0. The molecule has 0 aromatic heterocycles. The van der Waals surface area contributed by atoms with E-state index >= 15 is 0 Å². The molecule has 3 aromatic rings. The summed E-state index contributed by atoms with van der Waals surface area (Å²) >= 11 is 3.43. The highest BCUT2D eigenvalue weighted by molar-refractivity contribution is 9.10. The number of nitro groups is 1. The lowest BCUT2D eigenvalue weighted by Crippen LogP contribution is -2.32. The van der Waals surface area contributed by atoms with Crippen LogP contribution in [0.4, 0.5) is 11.4 Å². The van der Waals surface area contributed by atoms with Crippen LogP contribution in [0.25, 0.3) is 6.08 Å². The molecule has 0 radical (unpaired) electrons. The van der Waals surface area contributed by atoms with Gasteiger partial charge in [-0.1, -0.05) is 40.2 Å². The van der Waals surface area contributed by atoms with Crippen LogP contribution in [0, 0.1) is 17.0 Å². The molecule has 4 rings (SSSR count). The second kappa shape index (κ2) is 8.04. The lowest BCUT2D eigenvalue weighted by atomic mass is 10.1.